The fourth-order valence-corrected chi connectivity index (χ4v) is 5.07. The smallest absolute Gasteiger partial charge is 0.181 e. The van der Waals surface area contributed by atoms with Gasteiger partial charge in [-0.3, -0.25) is 4.79 Å². The van der Waals surface area contributed by atoms with E-state index in [0.717, 1.165) is 37.0 Å². The topological polar surface area (TPSA) is 54.0 Å². The minimum Gasteiger partial charge on any atom is -0.296 e. The first-order valence-corrected chi connectivity index (χ1v) is 6.91. The molecule has 4 aliphatic carbocycles. The zero-order valence-corrected chi connectivity index (χ0v) is 10.3. The van der Waals surface area contributed by atoms with E-state index in [1.165, 1.54) is 19.3 Å². The van der Waals surface area contributed by atoms with E-state index in [4.69, 9.17) is 9.78 Å². The maximum Gasteiger partial charge on any atom is 0.181 e. The summed E-state index contributed by atoms with van der Waals surface area (Å²) in [5.41, 5.74) is -0.163. The van der Waals surface area contributed by atoms with Gasteiger partial charge in [0.25, 0.3) is 0 Å². The van der Waals surface area contributed by atoms with Crippen molar-refractivity contribution in [3.63, 3.8) is 0 Å². The van der Waals surface area contributed by atoms with E-state index >= 15 is 0 Å². The van der Waals surface area contributed by atoms with Crippen LogP contribution in [-0.2, 0) is 24.6 Å². The highest BCUT2D eigenvalue weighted by Gasteiger charge is 2.56. The van der Waals surface area contributed by atoms with E-state index in [-0.39, 0.29) is 17.8 Å². The van der Waals surface area contributed by atoms with Crippen LogP contribution in [0.1, 0.15) is 38.5 Å². The van der Waals surface area contributed by atoms with Crippen molar-refractivity contribution in [1.29, 1.82) is 0 Å². The second-order valence-electron chi connectivity index (χ2n) is 6.57. The summed E-state index contributed by atoms with van der Waals surface area (Å²) in [6.07, 6.45) is 6.49. The van der Waals surface area contributed by atoms with Gasteiger partial charge in [-0.2, -0.15) is 4.89 Å². The van der Waals surface area contributed by atoms with E-state index < -0.39 is 6.10 Å². The molecule has 18 heavy (non-hydrogen) atoms. The molecule has 1 heterocycles. The third-order valence-electron chi connectivity index (χ3n) is 5.30. The molecule has 0 aromatic carbocycles. The first kappa shape index (κ1) is 11.3. The Hall–Kier alpha value is -0.490. The summed E-state index contributed by atoms with van der Waals surface area (Å²) in [5.74, 6) is 2.43. The van der Waals surface area contributed by atoms with Gasteiger partial charge in [0.1, 0.15) is 6.61 Å². The monoisotopic (exact) mass is 254 g/mol. The van der Waals surface area contributed by atoms with Crippen molar-refractivity contribution < 1.29 is 24.6 Å². The maximum absolute atomic E-state index is 12.7. The highest BCUT2D eigenvalue weighted by molar-refractivity contribution is 5.89. The van der Waals surface area contributed by atoms with Gasteiger partial charge in [-0.1, -0.05) is 0 Å². The molecule has 5 fully saturated rings. The van der Waals surface area contributed by atoms with E-state index in [9.17, 15) is 4.79 Å². The van der Waals surface area contributed by atoms with Gasteiger partial charge in [0.15, 0.2) is 11.9 Å². The van der Waals surface area contributed by atoms with Crippen LogP contribution >= 0.6 is 0 Å². The van der Waals surface area contributed by atoms with Gasteiger partial charge in [-0.05, 0) is 66.4 Å². The zero-order valence-electron chi connectivity index (χ0n) is 10.3. The predicted molar refractivity (Wildman–Crippen MR) is 58.6 cm³/mol. The lowest BCUT2D eigenvalue weighted by Crippen LogP contribution is -2.54. The van der Waals surface area contributed by atoms with Crippen molar-refractivity contribution in [2.45, 2.75) is 44.6 Å². The van der Waals surface area contributed by atoms with Gasteiger partial charge in [-0.15, -0.1) is 0 Å². The molecule has 5 rings (SSSR count). The number of hydrogen-bond donors (Lipinski definition) is 0. The van der Waals surface area contributed by atoms with Gasteiger partial charge in [-0.25, -0.2) is 4.89 Å². The number of Topliss-reactive ketones (excluding diaryl/α,β-unsaturated/α-hetero) is 1. The number of carbonyl (C=O) groups is 1. The first-order valence-electron chi connectivity index (χ1n) is 6.91. The average Bonchev–Trinajstić information content (AvgIpc) is 2.37. The van der Waals surface area contributed by atoms with Crippen LogP contribution in [0.4, 0.5) is 0 Å². The van der Waals surface area contributed by atoms with Gasteiger partial charge in [0.2, 0.25) is 0 Å². The number of carbonyl (C=O) groups excluding carboxylic acids is 1. The van der Waals surface area contributed by atoms with Crippen molar-refractivity contribution in [2.75, 3.05) is 6.61 Å². The minimum absolute atomic E-state index is 0.139. The molecule has 5 nitrogen and oxygen atoms in total. The van der Waals surface area contributed by atoms with Crippen LogP contribution in [0.5, 0.6) is 0 Å². The second kappa shape index (κ2) is 4.00. The maximum atomic E-state index is 12.7. The molecule has 1 saturated heterocycles. The molecule has 0 N–H and O–H groups in total. The average molecular weight is 254 g/mol. The SMILES string of the molecule is O=C(C1COOOO1)C12CC3CC(CC(C3)C1)C2. The molecule has 1 atom stereocenters. The molecule has 0 aromatic heterocycles. The quantitative estimate of drug-likeness (QED) is 0.705. The lowest BCUT2D eigenvalue weighted by molar-refractivity contribution is -0.671. The van der Waals surface area contributed by atoms with Crippen LogP contribution in [0.15, 0.2) is 0 Å². The van der Waals surface area contributed by atoms with Crippen LogP contribution in [0.2, 0.25) is 0 Å². The molecule has 1 aliphatic heterocycles. The fraction of sp³-hybridized carbons (Fsp3) is 0.923. The fourth-order valence-electron chi connectivity index (χ4n) is 5.07. The summed E-state index contributed by atoms with van der Waals surface area (Å²) < 4.78 is 0. The Labute approximate surface area is 105 Å². The zero-order chi connectivity index (χ0) is 12.2. The Bertz CT molecular complexity index is 325. The number of ketones is 1. The molecule has 4 bridgehead atoms. The van der Waals surface area contributed by atoms with Gasteiger partial charge in [0.05, 0.1) is 0 Å². The standard InChI is InChI=1S/C13H18O5/c14-12(11-7-15-17-18-16-11)13-4-8-1-9(5-13)3-10(2-8)6-13/h8-11H,1-7H2. The number of rotatable bonds is 2. The van der Waals surface area contributed by atoms with Crippen molar-refractivity contribution >= 4 is 5.78 Å². The third-order valence-corrected chi connectivity index (χ3v) is 5.30. The van der Waals surface area contributed by atoms with Crippen molar-refractivity contribution in [3.8, 4) is 0 Å². The van der Waals surface area contributed by atoms with E-state index in [1.54, 1.807) is 0 Å². The third kappa shape index (κ3) is 1.65. The molecule has 0 spiro atoms. The van der Waals surface area contributed by atoms with Gasteiger partial charge < -0.3 is 0 Å². The molecule has 1 unspecified atom stereocenters. The number of hydrogen-bond acceptors (Lipinski definition) is 5. The Morgan fingerprint density at radius 2 is 1.56 bits per heavy atom. The largest absolute Gasteiger partial charge is 0.296 e. The van der Waals surface area contributed by atoms with E-state index in [0.29, 0.717) is 0 Å². The van der Waals surface area contributed by atoms with Crippen molar-refractivity contribution in [2.24, 2.45) is 23.2 Å². The molecule has 5 aliphatic rings. The molecule has 0 aromatic rings. The summed E-state index contributed by atoms with van der Waals surface area (Å²) in [5, 5.41) is 8.52. The Kier molecular flexibility index (Phi) is 2.52. The summed E-state index contributed by atoms with van der Waals surface area (Å²) >= 11 is 0. The summed E-state index contributed by atoms with van der Waals surface area (Å²) in [6.45, 7) is 0.139. The molecule has 5 heteroatoms. The molecule has 0 radical (unpaired) electrons. The molecule has 0 amide bonds. The van der Waals surface area contributed by atoms with Gasteiger partial charge >= 0.3 is 0 Å². The van der Waals surface area contributed by atoms with E-state index in [1.807, 2.05) is 0 Å². The van der Waals surface area contributed by atoms with Crippen molar-refractivity contribution in [1.82, 2.24) is 0 Å². The predicted octanol–water partition coefficient (Wildman–Crippen LogP) is 1.97. The lowest BCUT2D eigenvalue weighted by Gasteiger charge is -2.56. The highest BCUT2D eigenvalue weighted by Crippen LogP contribution is 2.60. The lowest BCUT2D eigenvalue weighted by atomic mass is 9.48. The van der Waals surface area contributed by atoms with Gasteiger partial charge in [0, 0.05) is 5.41 Å². The Morgan fingerprint density at radius 1 is 0.944 bits per heavy atom. The van der Waals surface area contributed by atoms with Crippen LogP contribution < -0.4 is 0 Å². The Morgan fingerprint density at radius 3 is 2.06 bits per heavy atom. The van der Waals surface area contributed by atoms with Crippen molar-refractivity contribution in [3.05, 3.63) is 0 Å². The highest BCUT2D eigenvalue weighted by atomic mass is 17.7. The minimum atomic E-state index is -0.616. The Balaban J connectivity index is 1.57. The van der Waals surface area contributed by atoms with Crippen LogP contribution in [0.3, 0.4) is 0 Å². The summed E-state index contributed by atoms with van der Waals surface area (Å²) in [6, 6.07) is 0. The normalized spacial score (nSPS) is 50.4. The molecule has 100 valence electrons. The summed E-state index contributed by atoms with van der Waals surface area (Å²) in [7, 11) is 0. The van der Waals surface area contributed by atoms with E-state index in [2.05, 4.69) is 10.1 Å². The van der Waals surface area contributed by atoms with Crippen LogP contribution in [-0.4, -0.2) is 18.5 Å². The first-order chi connectivity index (χ1) is 8.75. The van der Waals surface area contributed by atoms with Crippen LogP contribution in [0, 0.1) is 23.2 Å². The molecular formula is C13H18O5. The van der Waals surface area contributed by atoms with Crippen LogP contribution in [0.25, 0.3) is 0 Å². The summed E-state index contributed by atoms with van der Waals surface area (Å²) in [4.78, 5) is 22.3. The molecule has 4 saturated carbocycles. The second-order valence-corrected chi connectivity index (χ2v) is 6.57. The molecular weight excluding hydrogens is 236 g/mol.